The number of benzene rings is 2. The van der Waals surface area contributed by atoms with Crippen LogP contribution < -0.4 is 0 Å². The number of sulfonamides is 1. The van der Waals surface area contributed by atoms with E-state index in [0.29, 0.717) is 29.2 Å². The van der Waals surface area contributed by atoms with E-state index in [9.17, 15) is 23.3 Å². The number of carbonyl (C=O) groups is 1. The van der Waals surface area contributed by atoms with Gasteiger partial charge >= 0.3 is 0 Å². The molecule has 2 aromatic carbocycles. The van der Waals surface area contributed by atoms with Crippen molar-refractivity contribution >= 4 is 33.2 Å². The Hall–Kier alpha value is -2.49. The Morgan fingerprint density at radius 1 is 1.16 bits per heavy atom. The van der Waals surface area contributed by atoms with Crippen molar-refractivity contribution in [2.24, 2.45) is 0 Å². The molecule has 166 valence electrons. The number of aryl methyl sites for hydroxylation is 1. The lowest BCUT2D eigenvalue weighted by molar-refractivity contribution is -0.384. The SMILES string of the molecule is Cc1ccc(S(=O)(=O)N2CCCCC2)cc1C(=O)N(C)Cc1cc([N+](=O)[O-])ccc1Cl. The molecule has 10 heteroatoms. The number of nitrogens with zero attached hydrogens (tertiary/aromatic N) is 3. The monoisotopic (exact) mass is 465 g/mol. The average Bonchev–Trinajstić information content (AvgIpc) is 2.75. The molecule has 0 atom stereocenters. The van der Waals surface area contributed by atoms with Crippen LogP contribution in [0.5, 0.6) is 0 Å². The molecule has 0 spiro atoms. The Morgan fingerprint density at radius 2 is 1.84 bits per heavy atom. The van der Waals surface area contributed by atoms with Gasteiger partial charge in [-0.25, -0.2) is 8.42 Å². The van der Waals surface area contributed by atoms with E-state index in [1.807, 2.05) is 0 Å². The number of hydrogen-bond acceptors (Lipinski definition) is 5. The largest absolute Gasteiger partial charge is 0.337 e. The molecular formula is C21H24ClN3O5S. The lowest BCUT2D eigenvalue weighted by Crippen LogP contribution is -2.35. The molecule has 1 heterocycles. The summed E-state index contributed by atoms with van der Waals surface area (Å²) < 4.78 is 27.5. The van der Waals surface area contributed by atoms with Crippen LogP contribution in [-0.2, 0) is 16.6 Å². The molecule has 0 unspecified atom stereocenters. The van der Waals surface area contributed by atoms with Crippen LogP contribution in [0.1, 0.15) is 40.7 Å². The summed E-state index contributed by atoms with van der Waals surface area (Å²) in [6.45, 7) is 2.73. The molecule has 0 aliphatic carbocycles. The number of nitro groups is 1. The molecule has 0 radical (unpaired) electrons. The van der Waals surface area contributed by atoms with Crippen molar-refractivity contribution in [1.29, 1.82) is 0 Å². The lowest BCUT2D eigenvalue weighted by Gasteiger charge is -2.26. The molecule has 1 fully saturated rings. The zero-order valence-corrected chi connectivity index (χ0v) is 18.9. The van der Waals surface area contributed by atoms with E-state index in [2.05, 4.69) is 0 Å². The zero-order valence-electron chi connectivity index (χ0n) is 17.4. The van der Waals surface area contributed by atoms with Gasteiger partial charge in [0.05, 0.1) is 9.82 Å². The fraction of sp³-hybridized carbons (Fsp3) is 0.381. The fourth-order valence-electron chi connectivity index (χ4n) is 3.58. The number of non-ortho nitro benzene ring substituents is 1. The summed E-state index contributed by atoms with van der Waals surface area (Å²) in [6.07, 6.45) is 2.65. The summed E-state index contributed by atoms with van der Waals surface area (Å²) in [7, 11) is -2.13. The predicted molar refractivity (Wildman–Crippen MR) is 118 cm³/mol. The maximum absolute atomic E-state index is 13.1. The van der Waals surface area contributed by atoms with Gasteiger partial charge in [-0.3, -0.25) is 14.9 Å². The Kier molecular flexibility index (Phi) is 6.98. The van der Waals surface area contributed by atoms with Gasteiger partial charge in [-0.1, -0.05) is 24.1 Å². The molecule has 0 saturated carbocycles. The predicted octanol–water partition coefficient (Wildman–Crippen LogP) is 4.00. The van der Waals surface area contributed by atoms with Crippen LogP contribution >= 0.6 is 11.6 Å². The minimum atomic E-state index is -3.67. The highest BCUT2D eigenvalue weighted by Crippen LogP contribution is 2.26. The maximum Gasteiger partial charge on any atom is 0.269 e. The van der Waals surface area contributed by atoms with Crippen molar-refractivity contribution in [2.45, 2.75) is 37.6 Å². The standard InChI is InChI=1S/C21H24ClN3O5S/c1-15-6-8-18(31(29,30)24-10-4-3-5-11-24)13-19(15)21(26)23(2)14-16-12-17(25(27)28)7-9-20(16)22/h6-9,12-13H,3-5,10-11,14H2,1-2H3. The first-order valence-electron chi connectivity index (χ1n) is 9.90. The first kappa shape index (κ1) is 23.2. The van der Waals surface area contributed by atoms with E-state index in [-0.39, 0.29) is 22.7 Å². The smallest absolute Gasteiger partial charge is 0.269 e. The number of nitro benzene ring substituents is 1. The van der Waals surface area contributed by atoms with Crippen molar-refractivity contribution in [1.82, 2.24) is 9.21 Å². The second-order valence-electron chi connectivity index (χ2n) is 7.64. The van der Waals surface area contributed by atoms with E-state index in [4.69, 9.17) is 11.6 Å². The van der Waals surface area contributed by atoms with E-state index in [0.717, 1.165) is 19.3 Å². The third-order valence-electron chi connectivity index (χ3n) is 5.39. The highest BCUT2D eigenvalue weighted by atomic mass is 35.5. The van der Waals surface area contributed by atoms with Crippen molar-refractivity contribution in [3.05, 3.63) is 68.2 Å². The Balaban J connectivity index is 1.87. The van der Waals surface area contributed by atoms with Crippen molar-refractivity contribution in [2.75, 3.05) is 20.1 Å². The Labute approximate surface area is 186 Å². The maximum atomic E-state index is 13.1. The number of hydrogen-bond donors (Lipinski definition) is 0. The van der Waals surface area contributed by atoms with E-state index < -0.39 is 20.9 Å². The summed E-state index contributed by atoms with van der Waals surface area (Å²) in [5, 5.41) is 11.3. The van der Waals surface area contributed by atoms with Crippen LogP contribution in [0.3, 0.4) is 0 Å². The van der Waals surface area contributed by atoms with Crippen molar-refractivity contribution < 1.29 is 18.1 Å². The first-order valence-corrected chi connectivity index (χ1v) is 11.7. The molecule has 1 amide bonds. The third-order valence-corrected chi connectivity index (χ3v) is 7.65. The van der Waals surface area contributed by atoms with Gasteiger partial charge < -0.3 is 4.90 Å². The van der Waals surface area contributed by atoms with Crippen LogP contribution in [0.2, 0.25) is 5.02 Å². The fourth-order valence-corrected chi connectivity index (χ4v) is 5.30. The summed E-state index contributed by atoms with van der Waals surface area (Å²) in [5.74, 6) is -0.393. The molecule has 0 N–H and O–H groups in total. The lowest BCUT2D eigenvalue weighted by atomic mass is 10.1. The first-order chi connectivity index (χ1) is 14.6. The molecule has 2 aromatic rings. The molecule has 8 nitrogen and oxygen atoms in total. The number of carbonyl (C=O) groups excluding carboxylic acids is 1. The normalized spacial score (nSPS) is 14.9. The second-order valence-corrected chi connectivity index (χ2v) is 9.98. The number of rotatable bonds is 6. The number of piperidine rings is 1. The Morgan fingerprint density at radius 3 is 2.48 bits per heavy atom. The minimum Gasteiger partial charge on any atom is -0.337 e. The molecule has 3 rings (SSSR count). The topological polar surface area (TPSA) is 101 Å². The van der Waals surface area contributed by atoms with E-state index in [1.54, 1.807) is 20.0 Å². The van der Waals surface area contributed by atoms with Gasteiger partial charge in [-0.2, -0.15) is 4.31 Å². The van der Waals surface area contributed by atoms with Crippen LogP contribution in [0.4, 0.5) is 5.69 Å². The summed E-state index contributed by atoms with van der Waals surface area (Å²) in [6, 6.07) is 8.60. The molecule has 1 saturated heterocycles. The van der Waals surface area contributed by atoms with Crippen molar-refractivity contribution in [3.63, 3.8) is 0 Å². The van der Waals surface area contributed by atoms with Gasteiger partial charge in [0.1, 0.15) is 0 Å². The van der Waals surface area contributed by atoms with E-state index >= 15 is 0 Å². The second kappa shape index (κ2) is 9.33. The van der Waals surface area contributed by atoms with Crippen LogP contribution in [-0.4, -0.2) is 48.6 Å². The zero-order chi connectivity index (χ0) is 22.8. The van der Waals surface area contributed by atoms with Gasteiger partial charge in [-0.15, -0.1) is 0 Å². The molecule has 1 aliphatic rings. The summed E-state index contributed by atoms with van der Waals surface area (Å²) in [5.41, 5.74) is 1.22. The van der Waals surface area contributed by atoms with Crippen LogP contribution in [0, 0.1) is 17.0 Å². The highest BCUT2D eigenvalue weighted by molar-refractivity contribution is 7.89. The molecule has 0 aromatic heterocycles. The van der Waals surface area contributed by atoms with Gasteiger partial charge in [-0.05, 0) is 49.1 Å². The van der Waals surface area contributed by atoms with Crippen LogP contribution in [0.15, 0.2) is 41.3 Å². The van der Waals surface area contributed by atoms with Gasteiger partial charge in [0.2, 0.25) is 10.0 Å². The number of amides is 1. The quantitative estimate of drug-likeness (QED) is 0.474. The van der Waals surface area contributed by atoms with Crippen LogP contribution in [0.25, 0.3) is 0 Å². The van der Waals surface area contributed by atoms with Crippen molar-refractivity contribution in [3.8, 4) is 0 Å². The molecule has 31 heavy (non-hydrogen) atoms. The molecular weight excluding hydrogens is 442 g/mol. The van der Waals surface area contributed by atoms with Gasteiger partial charge in [0.25, 0.3) is 11.6 Å². The molecule has 1 aliphatic heterocycles. The number of halogens is 1. The Bertz CT molecular complexity index is 1110. The summed E-state index contributed by atoms with van der Waals surface area (Å²) in [4.78, 5) is 25.1. The average molecular weight is 466 g/mol. The van der Waals surface area contributed by atoms with Gasteiger partial charge in [0.15, 0.2) is 0 Å². The van der Waals surface area contributed by atoms with Gasteiger partial charge in [0, 0.05) is 49.4 Å². The van der Waals surface area contributed by atoms with E-state index in [1.165, 1.54) is 39.5 Å². The summed E-state index contributed by atoms with van der Waals surface area (Å²) >= 11 is 6.15. The molecule has 0 bridgehead atoms. The minimum absolute atomic E-state index is 0.0435. The third kappa shape index (κ3) is 5.06. The highest BCUT2D eigenvalue weighted by Gasteiger charge is 2.27.